The first kappa shape index (κ1) is 13.0. The molecule has 5 heteroatoms. The Morgan fingerprint density at radius 1 is 1.53 bits per heavy atom. The van der Waals surface area contributed by atoms with Crippen molar-refractivity contribution in [3.8, 4) is 17.6 Å². The van der Waals surface area contributed by atoms with Crippen molar-refractivity contribution >= 4 is 16.6 Å². The number of ether oxygens (including phenoxy) is 1. The number of methoxy groups -OCH3 is 1. The Morgan fingerprint density at radius 3 is 3.00 bits per heavy atom. The molecule has 5 nitrogen and oxygen atoms in total. The van der Waals surface area contributed by atoms with Gasteiger partial charge in [-0.25, -0.2) is 0 Å². The van der Waals surface area contributed by atoms with E-state index < -0.39 is 0 Å². The molecule has 0 saturated heterocycles. The third kappa shape index (κ3) is 2.38. The minimum absolute atomic E-state index is 0.0916. The smallest absolute Gasteiger partial charge is 0.167 e. The Balaban J connectivity index is 2.60. The maximum absolute atomic E-state index is 10.2. The number of aromatic nitrogens is 1. The number of nitriles is 1. The average molecular weight is 257 g/mol. The van der Waals surface area contributed by atoms with E-state index in [2.05, 4.69) is 16.4 Å². The van der Waals surface area contributed by atoms with E-state index in [0.717, 1.165) is 11.3 Å². The highest BCUT2D eigenvalue weighted by Gasteiger charge is 2.14. The van der Waals surface area contributed by atoms with Gasteiger partial charge >= 0.3 is 0 Å². The van der Waals surface area contributed by atoms with Gasteiger partial charge in [0.1, 0.15) is 0 Å². The Labute approximate surface area is 111 Å². The molecule has 0 aliphatic carbocycles. The largest absolute Gasteiger partial charge is 0.504 e. The quantitative estimate of drug-likeness (QED) is 0.650. The van der Waals surface area contributed by atoms with Gasteiger partial charge in [-0.1, -0.05) is 0 Å². The lowest BCUT2D eigenvalue weighted by molar-refractivity contribution is 0.376. The fourth-order valence-electron chi connectivity index (χ4n) is 2.00. The van der Waals surface area contributed by atoms with Crippen LogP contribution < -0.4 is 10.1 Å². The number of nitrogens with zero attached hydrogens (tertiary/aromatic N) is 2. The summed E-state index contributed by atoms with van der Waals surface area (Å²) in [6, 6.07) is 5.60. The Bertz CT molecular complexity index is 647. The first-order valence-electron chi connectivity index (χ1n) is 5.95. The number of hydrogen-bond acceptors (Lipinski definition) is 5. The van der Waals surface area contributed by atoms with E-state index in [9.17, 15) is 5.11 Å². The summed E-state index contributed by atoms with van der Waals surface area (Å²) in [6.07, 6.45) is 2.09. The number of benzene rings is 1. The third-order valence-corrected chi connectivity index (χ3v) is 2.93. The zero-order valence-corrected chi connectivity index (χ0v) is 10.9. The maximum Gasteiger partial charge on any atom is 0.167 e. The molecule has 2 rings (SSSR count). The molecule has 1 aromatic carbocycles. The van der Waals surface area contributed by atoms with Crippen molar-refractivity contribution in [3.63, 3.8) is 0 Å². The highest BCUT2D eigenvalue weighted by atomic mass is 16.5. The number of fused-ring (bicyclic) bond motifs is 1. The minimum Gasteiger partial charge on any atom is -0.504 e. The van der Waals surface area contributed by atoms with Crippen molar-refractivity contribution < 1.29 is 9.84 Å². The predicted molar refractivity (Wildman–Crippen MR) is 73.4 cm³/mol. The number of rotatable bonds is 4. The van der Waals surface area contributed by atoms with Gasteiger partial charge in [0.2, 0.25) is 0 Å². The molecular formula is C14H15N3O2. The van der Waals surface area contributed by atoms with Crippen molar-refractivity contribution in [3.05, 3.63) is 23.9 Å². The minimum atomic E-state index is 0.0916. The molecule has 98 valence electrons. The molecule has 0 aliphatic heterocycles. The van der Waals surface area contributed by atoms with Crippen LogP contribution in [0.2, 0.25) is 0 Å². The molecule has 0 aliphatic rings. The second-order valence-electron chi connectivity index (χ2n) is 4.16. The third-order valence-electron chi connectivity index (χ3n) is 2.93. The van der Waals surface area contributed by atoms with Crippen molar-refractivity contribution in [2.45, 2.75) is 13.3 Å². The lowest BCUT2D eigenvalue weighted by atomic mass is 10.1. The number of phenolic OH excluding ortho intramolecular Hbond substituents is 1. The lowest BCUT2D eigenvalue weighted by Gasteiger charge is -2.13. The second-order valence-corrected chi connectivity index (χ2v) is 4.16. The van der Waals surface area contributed by atoms with E-state index in [1.165, 1.54) is 7.11 Å². The molecule has 2 aromatic rings. The van der Waals surface area contributed by atoms with Gasteiger partial charge < -0.3 is 15.2 Å². The van der Waals surface area contributed by atoms with Gasteiger partial charge in [-0.3, -0.25) is 4.98 Å². The topological polar surface area (TPSA) is 78.2 Å². The van der Waals surface area contributed by atoms with Crippen LogP contribution >= 0.6 is 0 Å². The molecule has 0 spiro atoms. The predicted octanol–water partition coefficient (Wildman–Crippen LogP) is 2.58. The van der Waals surface area contributed by atoms with Gasteiger partial charge in [0.15, 0.2) is 11.5 Å². The summed E-state index contributed by atoms with van der Waals surface area (Å²) < 4.78 is 5.17. The standard InChI is InChI=1S/C14H15N3O2/c1-9-4-7-17-13-10(16-6-3-5-15)8-11(19-2)14(18)12(9)13/h4,7-8,16,18H,3,6H2,1-2H3. The highest BCUT2D eigenvalue weighted by Crippen LogP contribution is 2.39. The van der Waals surface area contributed by atoms with Crippen LogP contribution in [0, 0.1) is 18.3 Å². The summed E-state index contributed by atoms with van der Waals surface area (Å²) in [5.74, 6) is 0.483. The first-order valence-corrected chi connectivity index (χ1v) is 5.95. The molecule has 1 aromatic heterocycles. The van der Waals surface area contributed by atoms with E-state index >= 15 is 0 Å². The SMILES string of the molecule is COc1cc(NCCC#N)c2nccc(C)c2c1O. The lowest BCUT2D eigenvalue weighted by Crippen LogP contribution is -2.02. The van der Waals surface area contributed by atoms with Crippen LogP contribution in [0.15, 0.2) is 18.3 Å². The molecule has 19 heavy (non-hydrogen) atoms. The summed E-state index contributed by atoms with van der Waals surface area (Å²) in [5.41, 5.74) is 2.35. The number of nitrogens with one attached hydrogen (secondary N) is 1. The number of phenols is 1. The summed E-state index contributed by atoms with van der Waals surface area (Å²) in [5, 5.41) is 22.6. The van der Waals surface area contributed by atoms with Crippen LogP contribution in [0.4, 0.5) is 5.69 Å². The van der Waals surface area contributed by atoms with Gasteiger partial charge in [0, 0.05) is 18.8 Å². The van der Waals surface area contributed by atoms with E-state index in [0.29, 0.717) is 29.6 Å². The van der Waals surface area contributed by atoms with Gasteiger partial charge in [-0.2, -0.15) is 5.26 Å². The molecule has 0 unspecified atom stereocenters. The first-order chi connectivity index (χ1) is 9.19. The molecule has 0 atom stereocenters. The van der Waals surface area contributed by atoms with Crippen molar-refractivity contribution in [1.29, 1.82) is 5.26 Å². The normalized spacial score (nSPS) is 10.2. The Morgan fingerprint density at radius 2 is 2.32 bits per heavy atom. The highest BCUT2D eigenvalue weighted by molar-refractivity contribution is 5.98. The Kier molecular flexibility index (Phi) is 3.71. The molecular weight excluding hydrogens is 242 g/mol. The van der Waals surface area contributed by atoms with Gasteiger partial charge in [-0.05, 0) is 18.6 Å². The molecule has 0 bridgehead atoms. The number of anilines is 1. The van der Waals surface area contributed by atoms with Crippen molar-refractivity contribution in [2.75, 3.05) is 19.0 Å². The monoisotopic (exact) mass is 257 g/mol. The van der Waals surface area contributed by atoms with Crippen LogP contribution in [0.1, 0.15) is 12.0 Å². The van der Waals surface area contributed by atoms with Crippen molar-refractivity contribution in [2.24, 2.45) is 0 Å². The second kappa shape index (κ2) is 5.44. The number of aromatic hydroxyl groups is 1. The van der Waals surface area contributed by atoms with E-state index in [1.807, 2.05) is 13.0 Å². The average Bonchev–Trinajstić information content (AvgIpc) is 2.41. The van der Waals surface area contributed by atoms with Gasteiger partial charge in [-0.15, -0.1) is 0 Å². The molecule has 0 fully saturated rings. The van der Waals surface area contributed by atoms with E-state index in [1.54, 1.807) is 12.3 Å². The summed E-state index contributed by atoms with van der Waals surface area (Å²) in [4.78, 5) is 4.30. The van der Waals surface area contributed by atoms with Crippen LogP contribution in [0.25, 0.3) is 10.9 Å². The van der Waals surface area contributed by atoms with Crippen molar-refractivity contribution in [1.82, 2.24) is 4.98 Å². The van der Waals surface area contributed by atoms with E-state index in [4.69, 9.17) is 10.00 Å². The maximum atomic E-state index is 10.2. The van der Waals surface area contributed by atoms with Gasteiger partial charge in [0.05, 0.1) is 36.2 Å². The van der Waals surface area contributed by atoms with Gasteiger partial charge in [0.25, 0.3) is 0 Å². The fraction of sp³-hybridized carbons (Fsp3) is 0.286. The Hall–Kier alpha value is -2.48. The summed E-state index contributed by atoms with van der Waals surface area (Å²) in [6.45, 7) is 2.43. The zero-order valence-electron chi connectivity index (χ0n) is 10.9. The van der Waals surface area contributed by atoms with Crippen LogP contribution in [-0.2, 0) is 0 Å². The fourth-order valence-corrected chi connectivity index (χ4v) is 2.00. The molecule has 2 N–H and O–H groups in total. The molecule has 1 heterocycles. The van der Waals surface area contributed by atoms with E-state index in [-0.39, 0.29) is 5.75 Å². The zero-order chi connectivity index (χ0) is 13.8. The number of pyridine rings is 1. The van der Waals surface area contributed by atoms with Crippen LogP contribution in [0.3, 0.4) is 0 Å². The summed E-state index contributed by atoms with van der Waals surface area (Å²) >= 11 is 0. The molecule has 0 amide bonds. The number of aryl methyl sites for hydroxylation is 1. The summed E-state index contributed by atoms with van der Waals surface area (Å²) in [7, 11) is 1.51. The number of hydrogen-bond donors (Lipinski definition) is 2. The molecule has 0 radical (unpaired) electrons. The molecule has 0 saturated carbocycles. The van der Waals surface area contributed by atoms with Crippen LogP contribution in [-0.4, -0.2) is 23.7 Å². The van der Waals surface area contributed by atoms with Crippen LogP contribution in [0.5, 0.6) is 11.5 Å².